The number of hydrogen-bond donors (Lipinski definition) is 1. The third-order valence-electron chi connectivity index (χ3n) is 2.76. The molecule has 0 atom stereocenters. The van der Waals surface area contributed by atoms with E-state index in [1.54, 1.807) is 6.07 Å². The Hall–Kier alpha value is -1.05. The average Bonchev–Trinajstić information content (AvgIpc) is 2.02. The Balaban J connectivity index is 2.61. The van der Waals surface area contributed by atoms with Crippen LogP contribution in [0.4, 0.5) is 10.1 Å². The lowest BCUT2D eigenvalue weighted by Crippen LogP contribution is -2.29. The quantitative estimate of drug-likeness (QED) is 0.645. The van der Waals surface area contributed by atoms with Crippen molar-refractivity contribution in [3.63, 3.8) is 0 Å². The van der Waals surface area contributed by atoms with Crippen LogP contribution in [0, 0.1) is 5.82 Å². The first kappa shape index (κ1) is 8.54. The highest BCUT2D eigenvalue weighted by Gasteiger charge is 2.29. The summed E-state index contributed by atoms with van der Waals surface area (Å²) in [5.41, 5.74) is 1.75. The maximum absolute atomic E-state index is 13.5. The number of halogens is 1. The molecule has 0 radical (unpaired) electrons. The van der Waals surface area contributed by atoms with E-state index in [2.05, 4.69) is 19.2 Å². The van der Waals surface area contributed by atoms with Crippen LogP contribution >= 0.6 is 0 Å². The maximum Gasteiger partial charge on any atom is 0.129 e. The highest BCUT2D eigenvalue weighted by molar-refractivity contribution is 5.56. The third-order valence-corrected chi connectivity index (χ3v) is 2.76. The number of anilines is 1. The zero-order valence-electron chi connectivity index (χ0n) is 8.02. The fraction of sp³-hybridized carbons (Fsp3) is 0.455. The summed E-state index contributed by atoms with van der Waals surface area (Å²) in [5.74, 6) is -0.0882. The summed E-state index contributed by atoms with van der Waals surface area (Å²) in [7, 11) is 0. The van der Waals surface area contributed by atoms with Crippen LogP contribution in [0.5, 0.6) is 0 Å². The molecule has 1 heterocycles. The van der Waals surface area contributed by atoms with Crippen molar-refractivity contribution in [2.45, 2.75) is 25.7 Å². The van der Waals surface area contributed by atoms with Gasteiger partial charge in [-0.05, 0) is 24.0 Å². The summed E-state index contributed by atoms with van der Waals surface area (Å²) in [5, 5.41) is 3.22. The van der Waals surface area contributed by atoms with E-state index < -0.39 is 0 Å². The van der Waals surface area contributed by atoms with Gasteiger partial charge in [0.15, 0.2) is 0 Å². The first-order valence-corrected chi connectivity index (χ1v) is 4.64. The zero-order chi connectivity index (χ0) is 9.47. The van der Waals surface area contributed by atoms with E-state index in [4.69, 9.17) is 0 Å². The summed E-state index contributed by atoms with van der Waals surface area (Å²) in [6.07, 6.45) is 0.987. The predicted octanol–water partition coefficient (Wildman–Crippen LogP) is 2.92. The Labute approximate surface area is 78.0 Å². The molecule has 2 heteroatoms. The van der Waals surface area contributed by atoms with Gasteiger partial charge in [-0.3, -0.25) is 0 Å². The van der Waals surface area contributed by atoms with Crippen molar-refractivity contribution in [3.8, 4) is 0 Å². The molecule has 1 N–H and O–H groups in total. The van der Waals surface area contributed by atoms with Crippen molar-refractivity contribution < 1.29 is 4.39 Å². The third kappa shape index (κ3) is 1.30. The molecule has 1 aromatic carbocycles. The van der Waals surface area contributed by atoms with Crippen LogP contribution < -0.4 is 5.32 Å². The molecule has 0 fully saturated rings. The van der Waals surface area contributed by atoms with E-state index in [0.717, 1.165) is 24.2 Å². The molecule has 0 spiro atoms. The molecule has 0 amide bonds. The van der Waals surface area contributed by atoms with Crippen molar-refractivity contribution in [2.24, 2.45) is 0 Å². The Morgan fingerprint density at radius 2 is 2.15 bits per heavy atom. The van der Waals surface area contributed by atoms with Gasteiger partial charge in [0.2, 0.25) is 0 Å². The summed E-state index contributed by atoms with van der Waals surface area (Å²) >= 11 is 0. The van der Waals surface area contributed by atoms with Crippen molar-refractivity contribution in [1.82, 2.24) is 0 Å². The lowest BCUT2D eigenvalue weighted by molar-refractivity contribution is 0.450. The molecule has 2 rings (SSSR count). The smallest absolute Gasteiger partial charge is 0.129 e. The van der Waals surface area contributed by atoms with Gasteiger partial charge in [-0.15, -0.1) is 0 Å². The molecule has 1 nitrogen and oxygen atoms in total. The van der Waals surface area contributed by atoms with Crippen LogP contribution in [-0.4, -0.2) is 6.54 Å². The summed E-state index contributed by atoms with van der Waals surface area (Å²) in [6, 6.07) is 5.23. The summed E-state index contributed by atoms with van der Waals surface area (Å²) in [6.45, 7) is 5.12. The minimum absolute atomic E-state index is 0.0358. The molecule has 0 saturated heterocycles. The molecular weight excluding hydrogens is 165 g/mol. The molecular formula is C11H14FN. The highest BCUT2D eigenvalue weighted by atomic mass is 19.1. The van der Waals surface area contributed by atoms with Crippen LogP contribution in [0.2, 0.25) is 0 Å². The minimum atomic E-state index is -0.0882. The second-order valence-electron chi connectivity index (χ2n) is 4.22. The lowest BCUT2D eigenvalue weighted by atomic mass is 9.78. The molecule has 0 aliphatic carbocycles. The molecule has 0 saturated carbocycles. The van der Waals surface area contributed by atoms with Gasteiger partial charge in [0.25, 0.3) is 0 Å². The topological polar surface area (TPSA) is 12.0 Å². The normalized spacial score (nSPS) is 19.0. The lowest BCUT2D eigenvalue weighted by Gasteiger charge is -2.33. The molecule has 0 aromatic heterocycles. The van der Waals surface area contributed by atoms with Crippen molar-refractivity contribution in [2.75, 3.05) is 11.9 Å². The van der Waals surface area contributed by atoms with Crippen LogP contribution in [-0.2, 0) is 5.41 Å². The average molecular weight is 179 g/mol. The van der Waals surface area contributed by atoms with Crippen LogP contribution in [0.1, 0.15) is 25.8 Å². The zero-order valence-corrected chi connectivity index (χ0v) is 8.02. The van der Waals surface area contributed by atoms with Crippen LogP contribution in [0.15, 0.2) is 18.2 Å². The molecule has 0 unspecified atom stereocenters. The van der Waals surface area contributed by atoms with E-state index in [9.17, 15) is 4.39 Å². The van der Waals surface area contributed by atoms with Crippen molar-refractivity contribution in [3.05, 3.63) is 29.6 Å². The van der Waals surface area contributed by atoms with E-state index in [0.29, 0.717) is 0 Å². The summed E-state index contributed by atoms with van der Waals surface area (Å²) in [4.78, 5) is 0. The van der Waals surface area contributed by atoms with Gasteiger partial charge in [0, 0.05) is 17.8 Å². The summed E-state index contributed by atoms with van der Waals surface area (Å²) < 4.78 is 13.5. The van der Waals surface area contributed by atoms with E-state index in [1.165, 1.54) is 6.07 Å². The second kappa shape index (κ2) is 2.72. The van der Waals surface area contributed by atoms with E-state index >= 15 is 0 Å². The Kier molecular flexibility index (Phi) is 1.79. The van der Waals surface area contributed by atoms with Gasteiger partial charge in [-0.1, -0.05) is 19.9 Å². The molecule has 70 valence electrons. The van der Waals surface area contributed by atoms with Gasteiger partial charge < -0.3 is 5.32 Å². The van der Waals surface area contributed by atoms with Crippen LogP contribution in [0.25, 0.3) is 0 Å². The Morgan fingerprint density at radius 1 is 1.38 bits per heavy atom. The maximum atomic E-state index is 13.5. The molecule has 0 bridgehead atoms. The van der Waals surface area contributed by atoms with Gasteiger partial charge in [-0.25, -0.2) is 4.39 Å². The number of fused-ring (bicyclic) bond motifs is 1. The fourth-order valence-corrected chi connectivity index (χ4v) is 1.99. The fourth-order valence-electron chi connectivity index (χ4n) is 1.99. The molecule has 13 heavy (non-hydrogen) atoms. The Morgan fingerprint density at radius 3 is 2.85 bits per heavy atom. The Bertz CT molecular complexity index is 331. The SMILES string of the molecule is CC1(C)CCNc2cccc(F)c21. The number of nitrogens with one attached hydrogen (secondary N) is 1. The first-order chi connectivity index (χ1) is 6.11. The number of benzene rings is 1. The molecule has 1 aliphatic heterocycles. The van der Waals surface area contributed by atoms with Gasteiger partial charge in [0.05, 0.1) is 0 Å². The predicted molar refractivity (Wildman–Crippen MR) is 52.5 cm³/mol. The van der Waals surface area contributed by atoms with Gasteiger partial charge >= 0.3 is 0 Å². The van der Waals surface area contributed by atoms with Gasteiger partial charge in [-0.2, -0.15) is 0 Å². The van der Waals surface area contributed by atoms with Crippen LogP contribution in [0.3, 0.4) is 0 Å². The second-order valence-corrected chi connectivity index (χ2v) is 4.22. The largest absolute Gasteiger partial charge is 0.385 e. The van der Waals surface area contributed by atoms with E-state index in [1.807, 2.05) is 6.07 Å². The monoisotopic (exact) mass is 179 g/mol. The first-order valence-electron chi connectivity index (χ1n) is 4.64. The van der Waals surface area contributed by atoms with Crippen molar-refractivity contribution in [1.29, 1.82) is 0 Å². The number of rotatable bonds is 0. The molecule has 1 aromatic rings. The minimum Gasteiger partial charge on any atom is -0.385 e. The van der Waals surface area contributed by atoms with Crippen molar-refractivity contribution >= 4 is 5.69 Å². The van der Waals surface area contributed by atoms with Gasteiger partial charge in [0.1, 0.15) is 5.82 Å². The highest BCUT2D eigenvalue weighted by Crippen LogP contribution is 2.37. The van der Waals surface area contributed by atoms with E-state index in [-0.39, 0.29) is 11.2 Å². The molecule has 1 aliphatic rings. The standard InChI is InChI=1S/C11H14FN/c1-11(2)6-7-13-9-5-3-4-8(12)10(9)11/h3-5,13H,6-7H2,1-2H3. The number of hydrogen-bond acceptors (Lipinski definition) is 1.